The van der Waals surface area contributed by atoms with Gasteiger partial charge in [0.2, 0.25) is 5.28 Å². The second-order valence-corrected chi connectivity index (χ2v) is 6.80. The first kappa shape index (κ1) is 17.0. The zero-order valence-corrected chi connectivity index (χ0v) is 15.2. The number of methoxy groups -OCH3 is 1. The Balaban J connectivity index is 2.06. The average Bonchev–Trinajstić information content (AvgIpc) is 2.99. The molecule has 0 fully saturated rings. The van der Waals surface area contributed by atoms with E-state index in [0.29, 0.717) is 22.1 Å². The highest BCUT2D eigenvalue weighted by Crippen LogP contribution is 2.34. The van der Waals surface area contributed by atoms with Crippen LogP contribution in [-0.2, 0) is 11.2 Å². The van der Waals surface area contributed by atoms with Gasteiger partial charge in [-0.05, 0) is 42.3 Å². The first-order valence-corrected chi connectivity index (χ1v) is 8.70. The van der Waals surface area contributed by atoms with Gasteiger partial charge in [-0.1, -0.05) is 18.5 Å². The van der Waals surface area contributed by atoms with E-state index in [-0.39, 0.29) is 5.28 Å². The first-order chi connectivity index (χ1) is 11.5. The number of hydrogen-bond acceptors (Lipinski definition) is 6. The molecule has 2 heterocycles. The summed E-state index contributed by atoms with van der Waals surface area (Å²) in [4.78, 5) is 22.2. The fraction of sp³-hybridized carbons (Fsp3) is 0.188. The lowest BCUT2D eigenvalue weighted by molar-refractivity contribution is 0.0601. The number of rotatable bonds is 4. The molecule has 0 radical (unpaired) electrons. The van der Waals surface area contributed by atoms with Crippen LogP contribution in [0, 0.1) is 0 Å². The number of halogens is 2. The van der Waals surface area contributed by atoms with E-state index >= 15 is 0 Å². The minimum absolute atomic E-state index is 0.148. The fourth-order valence-corrected chi connectivity index (χ4v) is 3.56. The summed E-state index contributed by atoms with van der Waals surface area (Å²) in [5, 5.41) is 4.61. The van der Waals surface area contributed by atoms with Crippen molar-refractivity contribution in [3.05, 3.63) is 45.0 Å². The number of esters is 1. The number of nitrogens with one attached hydrogen (secondary N) is 1. The van der Waals surface area contributed by atoms with Gasteiger partial charge in [-0.3, -0.25) is 0 Å². The maximum absolute atomic E-state index is 11.7. The highest BCUT2D eigenvalue weighted by molar-refractivity contribution is 7.18. The molecule has 8 heteroatoms. The van der Waals surface area contributed by atoms with Crippen LogP contribution in [0.4, 0.5) is 11.5 Å². The van der Waals surface area contributed by atoms with Crippen molar-refractivity contribution in [2.24, 2.45) is 0 Å². The molecule has 0 amide bonds. The summed E-state index contributed by atoms with van der Waals surface area (Å²) < 4.78 is 4.73. The molecular weight excluding hydrogens is 369 g/mol. The van der Waals surface area contributed by atoms with Gasteiger partial charge in [-0.15, -0.1) is 11.3 Å². The number of aryl methyl sites for hydroxylation is 1. The van der Waals surface area contributed by atoms with Crippen LogP contribution in [0.2, 0.25) is 10.3 Å². The predicted octanol–water partition coefficient (Wildman–Crippen LogP) is 5.09. The first-order valence-electron chi connectivity index (χ1n) is 7.12. The molecule has 0 atom stereocenters. The van der Waals surface area contributed by atoms with Crippen molar-refractivity contribution in [3.63, 3.8) is 0 Å². The summed E-state index contributed by atoms with van der Waals surface area (Å²) in [6.45, 7) is 2.07. The second kappa shape index (κ2) is 6.93. The van der Waals surface area contributed by atoms with Crippen LogP contribution >= 0.6 is 34.5 Å². The smallest absolute Gasteiger partial charge is 0.337 e. The Morgan fingerprint density at radius 2 is 2.08 bits per heavy atom. The van der Waals surface area contributed by atoms with Crippen molar-refractivity contribution in [1.29, 1.82) is 0 Å². The number of nitrogens with zero attached hydrogens (tertiary/aromatic N) is 2. The quantitative estimate of drug-likeness (QED) is 0.503. The van der Waals surface area contributed by atoms with Crippen LogP contribution in [0.1, 0.15) is 22.2 Å². The maximum atomic E-state index is 11.7. The van der Waals surface area contributed by atoms with E-state index in [1.54, 1.807) is 29.5 Å². The predicted molar refractivity (Wildman–Crippen MR) is 97.9 cm³/mol. The molecule has 0 saturated carbocycles. The van der Waals surface area contributed by atoms with Crippen LogP contribution in [0.3, 0.4) is 0 Å². The largest absolute Gasteiger partial charge is 0.465 e. The zero-order valence-electron chi connectivity index (χ0n) is 12.9. The highest BCUT2D eigenvalue weighted by Gasteiger charge is 2.14. The molecule has 2 aromatic heterocycles. The van der Waals surface area contributed by atoms with Crippen LogP contribution < -0.4 is 5.32 Å². The number of thiophene rings is 1. The van der Waals surface area contributed by atoms with Gasteiger partial charge in [-0.25, -0.2) is 9.78 Å². The van der Waals surface area contributed by atoms with Crippen LogP contribution in [-0.4, -0.2) is 23.0 Å². The van der Waals surface area contributed by atoms with E-state index in [1.807, 2.05) is 6.07 Å². The molecule has 24 heavy (non-hydrogen) atoms. The second-order valence-electron chi connectivity index (χ2n) is 4.94. The van der Waals surface area contributed by atoms with Crippen molar-refractivity contribution in [2.45, 2.75) is 13.3 Å². The molecule has 0 saturated heterocycles. The van der Waals surface area contributed by atoms with Gasteiger partial charge in [-0.2, -0.15) is 4.98 Å². The summed E-state index contributed by atoms with van der Waals surface area (Å²) in [5.74, 6) is 0.106. The lowest BCUT2D eigenvalue weighted by Crippen LogP contribution is -2.03. The number of anilines is 2. The standard InChI is InChI=1S/C16H13Cl2N3O2S/c1-3-9-7-10-13(20-16(18)21-14(10)24-9)19-12-6-8(15(22)23-2)4-5-11(12)17/h4-7H,3H2,1-2H3,(H,19,20,21). The van der Waals surface area contributed by atoms with E-state index < -0.39 is 5.97 Å². The SMILES string of the molecule is CCc1cc2c(Nc3cc(C(=O)OC)ccc3Cl)nc(Cl)nc2s1. The van der Waals surface area contributed by atoms with Gasteiger partial charge in [0.25, 0.3) is 0 Å². The fourth-order valence-electron chi connectivity index (χ4n) is 2.21. The monoisotopic (exact) mass is 381 g/mol. The van der Waals surface area contributed by atoms with Gasteiger partial charge in [0, 0.05) is 4.88 Å². The molecular formula is C16H13Cl2N3O2S. The summed E-state index contributed by atoms with van der Waals surface area (Å²) in [7, 11) is 1.33. The summed E-state index contributed by atoms with van der Waals surface area (Å²) in [6.07, 6.45) is 0.899. The Kier molecular flexibility index (Phi) is 4.89. The van der Waals surface area contributed by atoms with Gasteiger partial charge < -0.3 is 10.1 Å². The highest BCUT2D eigenvalue weighted by atomic mass is 35.5. The number of fused-ring (bicyclic) bond motifs is 1. The van der Waals surface area contributed by atoms with Gasteiger partial charge in [0.05, 0.1) is 28.8 Å². The molecule has 0 aliphatic heterocycles. The van der Waals surface area contributed by atoms with Crippen LogP contribution in [0.5, 0.6) is 0 Å². The number of carbonyl (C=O) groups excluding carboxylic acids is 1. The zero-order chi connectivity index (χ0) is 17.3. The molecule has 1 N–H and O–H groups in total. The van der Waals surface area contributed by atoms with Crippen molar-refractivity contribution in [3.8, 4) is 0 Å². The number of ether oxygens (including phenoxy) is 1. The molecule has 0 aliphatic carbocycles. The van der Waals surface area contributed by atoms with E-state index in [0.717, 1.165) is 16.6 Å². The van der Waals surface area contributed by atoms with E-state index in [4.69, 9.17) is 27.9 Å². The number of carbonyl (C=O) groups is 1. The Labute approximate surface area is 152 Å². The molecule has 5 nitrogen and oxygen atoms in total. The van der Waals surface area contributed by atoms with Gasteiger partial charge in [0.1, 0.15) is 10.6 Å². The Hall–Kier alpha value is -1.89. The van der Waals surface area contributed by atoms with Crippen LogP contribution in [0.15, 0.2) is 24.3 Å². The molecule has 3 aromatic rings. The number of aromatic nitrogens is 2. The van der Waals surface area contributed by atoms with Crippen molar-refractivity contribution in [1.82, 2.24) is 9.97 Å². The lowest BCUT2D eigenvalue weighted by Gasteiger charge is -2.10. The third-order valence-corrected chi connectivity index (χ3v) is 5.08. The van der Waals surface area contributed by atoms with E-state index in [1.165, 1.54) is 12.0 Å². The van der Waals surface area contributed by atoms with Gasteiger partial charge >= 0.3 is 5.97 Å². The molecule has 1 aromatic carbocycles. The molecule has 124 valence electrons. The topological polar surface area (TPSA) is 64.1 Å². The third kappa shape index (κ3) is 3.31. The Morgan fingerprint density at radius 3 is 2.79 bits per heavy atom. The minimum Gasteiger partial charge on any atom is -0.465 e. The Bertz CT molecular complexity index is 927. The minimum atomic E-state index is -0.440. The normalized spacial score (nSPS) is 10.8. The summed E-state index contributed by atoms with van der Waals surface area (Å²) in [6, 6.07) is 6.86. The van der Waals surface area contributed by atoms with Crippen molar-refractivity contribution in [2.75, 3.05) is 12.4 Å². The molecule has 0 aliphatic rings. The van der Waals surface area contributed by atoms with E-state index in [2.05, 4.69) is 22.2 Å². The van der Waals surface area contributed by atoms with E-state index in [9.17, 15) is 4.79 Å². The Morgan fingerprint density at radius 1 is 1.29 bits per heavy atom. The number of benzene rings is 1. The van der Waals surface area contributed by atoms with Crippen molar-refractivity contribution < 1.29 is 9.53 Å². The van der Waals surface area contributed by atoms with Gasteiger partial charge in [0.15, 0.2) is 0 Å². The lowest BCUT2D eigenvalue weighted by atomic mass is 10.2. The maximum Gasteiger partial charge on any atom is 0.337 e. The molecule has 3 rings (SSSR count). The number of hydrogen-bond donors (Lipinski definition) is 1. The third-order valence-electron chi connectivity index (χ3n) is 3.41. The van der Waals surface area contributed by atoms with Crippen molar-refractivity contribution >= 4 is 62.2 Å². The average molecular weight is 382 g/mol. The van der Waals surface area contributed by atoms with Crippen LogP contribution in [0.25, 0.3) is 10.2 Å². The summed E-state index contributed by atoms with van der Waals surface area (Å²) >= 11 is 13.8. The molecule has 0 unspecified atom stereocenters. The molecule has 0 bridgehead atoms. The summed E-state index contributed by atoms with van der Waals surface area (Å²) in [5.41, 5.74) is 0.931. The molecule has 0 spiro atoms.